The molecule has 0 aliphatic carbocycles. The van der Waals surface area contributed by atoms with Crippen molar-refractivity contribution in [2.75, 3.05) is 0 Å². The van der Waals surface area contributed by atoms with Crippen LogP contribution in [0.1, 0.15) is 12.8 Å². The Morgan fingerprint density at radius 3 is 2.60 bits per heavy atom. The number of carbonyl (C=O) groups excluding carboxylic acids is 1. The van der Waals surface area contributed by atoms with E-state index in [0.717, 1.165) is 5.39 Å². The Hall–Kier alpha value is -2.63. The number of aliphatic carboxylic acids is 1. The topological polar surface area (TPSA) is 99.5 Å². The van der Waals surface area contributed by atoms with Gasteiger partial charge in [0, 0.05) is 18.0 Å². The third-order valence-corrected chi connectivity index (χ3v) is 2.90. The van der Waals surface area contributed by atoms with Gasteiger partial charge in [-0.3, -0.25) is 9.78 Å². The van der Waals surface area contributed by atoms with E-state index in [-0.39, 0.29) is 11.7 Å². The number of fused-ring (bicyclic) bond motifs is 1. The van der Waals surface area contributed by atoms with Crippen molar-refractivity contribution in [1.82, 2.24) is 10.3 Å². The first-order chi connectivity index (χ1) is 9.58. The van der Waals surface area contributed by atoms with E-state index in [1.54, 1.807) is 18.3 Å². The Balaban J connectivity index is 0.000000151. The second-order valence-corrected chi connectivity index (χ2v) is 4.35. The van der Waals surface area contributed by atoms with Gasteiger partial charge >= 0.3 is 5.97 Å². The molecule has 6 heteroatoms. The zero-order valence-electron chi connectivity index (χ0n) is 10.6. The second kappa shape index (κ2) is 6.01. The molecule has 2 aromatic rings. The molecule has 0 spiro atoms. The maximum atomic E-state index is 10.4. The monoisotopic (exact) mass is 274 g/mol. The van der Waals surface area contributed by atoms with Crippen LogP contribution in [0.4, 0.5) is 0 Å². The number of aromatic hydroxyl groups is 1. The summed E-state index contributed by atoms with van der Waals surface area (Å²) in [7, 11) is 0. The summed E-state index contributed by atoms with van der Waals surface area (Å²) in [6.07, 6.45) is 2.44. The second-order valence-electron chi connectivity index (χ2n) is 4.35. The van der Waals surface area contributed by atoms with E-state index in [4.69, 9.17) is 5.11 Å². The van der Waals surface area contributed by atoms with E-state index < -0.39 is 12.0 Å². The van der Waals surface area contributed by atoms with E-state index in [9.17, 15) is 14.7 Å². The molecule has 1 aliphatic rings. The molecule has 1 saturated heterocycles. The third kappa shape index (κ3) is 3.23. The van der Waals surface area contributed by atoms with E-state index in [1.807, 2.05) is 18.2 Å². The first-order valence-corrected chi connectivity index (χ1v) is 6.13. The Kier molecular flexibility index (Phi) is 4.14. The van der Waals surface area contributed by atoms with Crippen LogP contribution in [0.2, 0.25) is 0 Å². The fourth-order valence-corrected chi connectivity index (χ4v) is 1.89. The third-order valence-electron chi connectivity index (χ3n) is 2.90. The maximum absolute atomic E-state index is 10.4. The number of nitrogens with zero attached hydrogens (tertiary/aromatic N) is 1. The lowest BCUT2D eigenvalue weighted by molar-refractivity contribution is -0.140. The maximum Gasteiger partial charge on any atom is 0.326 e. The first kappa shape index (κ1) is 13.8. The van der Waals surface area contributed by atoms with Crippen LogP contribution in [0.3, 0.4) is 0 Å². The molecule has 6 nitrogen and oxygen atoms in total. The minimum Gasteiger partial charge on any atom is -0.506 e. The summed E-state index contributed by atoms with van der Waals surface area (Å²) in [5, 5.41) is 20.9. The van der Waals surface area contributed by atoms with E-state index in [1.165, 1.54) is 0 Å². The lowest BCUT2D eigenvalue weighted by Gasteiger charge is -1.99. The molecule has 2 heterocycles. The van der Waals surface area contributed by atoms with Gasteiger partial charge in [-0.15, -0.1) is 0 Å². The van der Waals surface area contributed by atoms with Crippen molar-refractivity contribution in [3.05, 3.63) is 36.5 Å². The molecular formula is C14H14N2O4. The van der Waals surface area contributed by atoms with Crippen molar-refractivity contribution < 1.29 is 19.8 Å². The molecule has 3 rings (SSSR count). The van der Waals surface area contributed by atoms with E-state index >= 15 is 0 Å². The predicted molar refractivity (Wildman–Crippen MR) is 72.2 cm³/mol. The fourth-order valence-electron chi connectivity index (χ4n) is 1.89. The Bertz CT molecular complexity index is 637. The van der Waals surface area contributed by atoms with Crippen molar-refractivity contribution in [3.63, 3.8) is 0 Å². The van der Waals surface area contributed by atoms with Crippen molar-refractivity contribution in [3.8, 4) is 5.75 Å². The molecule has 1 atom stereocenters. The van der Waals surface area contributed by atoms with Crippen LogP contribution in [0.25, 0.3) is 10.9 Å². The number of carboxylic acid groups (broad SMARTS) is 1. The lowest BCUT2D eigenvalue weighted by Crippen LogP contribution is -2.32. The number of nitrogens with one attached hydrogen (secondary N) is 1. The first-order valence-electron chi connectivity index (χ1n) is 6.13. The fraction of sp³-hybridized carbons (Fsp3) is 0.214. The highest BCUT2D eigenvalue weighted by Gasteiger charge is 2.26. The minimum atomic E-state index is -0.944. The number of amides is 1. The quantitative estimate of drug-likeness (QED) is 0.727. The van der Waals surface area contributed by atoms with Gasteiger partial charge in [-0.2, -0.15) is 0 Å². The van der Waals surface area contributed by atoms with Crippen LogP contribution in [0.5, 0.6) is 5.75 Å². The highest BCUT2D eigenvalue weighted by atomic mass is 16.4. The lowest BCUT2D eigenvalue weighted by atomic mass is 10.2. The number of carboxylic acids is 1. The molecule has 0 saturated carbocycles. The van der Waals surface area contributed by atoms with Gasteiger partial charge in [-0.1, -0.05) is 18.2 Å². The number of aromatic nitrogens is 1. The number of hydrogen-bond acceptors (Lipinski definition) is 4. The summed E-state index contributed by atoms with van der Waals surface area (Å²) in [6.45, 7) is 0. The van der Waals surface area contributed by atoms with Crippen LogP contribution in [-0.4, -0.2) is 33.1 Å². The molecule has 1 aliphatic heterocycles. The van der Waals surface area contributed by atoms with Crippen molar-refractivity contribution in [1.29, 1.82) is 0 Å². The summed E-state index contributed by atoms with van der Waals surface area (Å²) >= 11 is 0. The van der Waals surface area contributed by atoms with Gasteiger partial charge < -0.3 is 15.5 Å². The number of hydrogen-bond donors (Lipinski definition) is 3. The number of phenols is 1. The highest BCUT2D eigenvalue weighted by molar-refractivity contribution is 5.87. The molecule has 0 radical (unpaired) electrons. The molecule has 104 valence electrons. The largest absolute Gasteiger partial charge is 0.506 e. The number of carbonyl (C=O) groups is 2. The smallest absolute Gasteiger partial charge is 0.326 e. The van der Waals surface area contributed by atoms with Gasteiger partial charge in [0.2, 0.25) is 5.91 Å². The van der Waals surface area contributed by atoms with Gasteiger partial charge in [-0.05, 0) is 18.6 Å². The summed E-state index contributed by atoms with van der Waals surface area (Å²) in [4.78, 5) is 24.5. The molecule has 0 bridgehead atoms. The highest BCUT2D eigenvalue weighted by Crippen LogP contribution is 2.20. The number of rotatable bonds is 1. The molecule has 1 aromatic heterocycles. The Morgan fingerprint density at radius 2 is 2.05 bits per heavy atom. The number of phenolic OH excluding ortho intramolecular Hbond substituents is 1. The van der Waals surface area contributed by atoms with E-state index in [2.05, 4.69) is 10.3 Å². The molecule has 1 amide bonds. The van der Waals surface area contributed by atoms with Crippen LogP contribution in [0.15, 0.2) is 36.5 Å². The summed E-state index contributed by atoms with van der Waals surface area (Å²) in [5.41, 5.74) is 0.662. The van der Waals surface area contributed by atoms with E-state index in [0.29, 0.717) is 18.4 Å². The summed E-state index contributed by atoms with van der Waals surface area (Å²) in [5.74, 6) is -0.869. The van der Waals surface area contributed by atoms with Gasteiger partial charge in [0.1, 0.15) is 17.3 Å². The normalized spacial score (nSPS) is 17.2. The van der Waals surface area contributed by atoms with Gasteiger partial charge in [0.25, 0.3) is 0 Å². The molecule has 1 fully saturated rings. The summed E-state index contributed by atoms with van der Waals surface area (Å²) in [6, 6.07) is 8.48. The Morgan fingerprint density at radius 1 is 1.30 bits per heavy atom. The number of pyridine rings is 1. The molecule has 1 aromatic carbocycles. The SMILES string of the molecule is O=C1CCC(C(=O)O)N1.Oc1cccc2cccnc12. The number of para-hydroxylation sites is 1. The van der Waals surface area contributed by atoms with Crippen LogP contribution in [-0.2, 0) is 9.59 Å². The summed E-state index contributed by atoms with van der Waals surface area (Å²) < 4.78 is 0. The zero-order valence-corrected chi connectivity index (χ0v) is 10.6. The molecule has 3 N–H and O–H groups in total. The zero-order chi connectivity index (χ0) is 14.5. The van der Waals surface area contributed by atoms with Crippen LogP contribution in [0, 0.1) is 0 Å². The molecule has 20 heavy (non-hydrogen) atoms. The van der Waals surface area contributed by atoms with Gasteiger partial charge in [-0.25, -0.2) is 4.79 Å². The van der Waals surface area contributed by atoms with Gasteiger partial charge in [0.15, 0.2) is 0 Å². The predicted octanol–water partition coefficient (Wildman–Crippen LogP) is 1.29. The van der Waals surface area contributed by atoms with Crippen LogP contribution < -0.4 is 5.32 Å². The molecule has 1 unspecified atom stereocenters. The average molecular weight is 274 g/mol. The number of benzene rings is 1. The standard InChI is InChI=1S/C9H7NO.C5H7NO3/c11-8-5-1-3-7-4-2-6-10-9(7)8;7-4-2-1-3(6-4)5(8)9/h1-6,11H;3H,1-2H2,(H,6,7)(H,8,9). The van der Waals surface area contributed by atoms with Crippen molar-refractivity contribution in [2.24, 2.45) is 0 Å². The average Bonchev–Trinajstić information content (AvgIpc) is 2.87. The van der Waals surface area contributed by atoms with Gasteiger partial charge in [0.05, 0.1) is 0 Å². The Labute approximate surface area is 115 Å². The molecular weight excluding hydrogens is 260 g/mol. The minimum absolute atomic E-state index is 0.164. The van der Waals surface area contributed by atoms with Crippen molar-refractivity contribution in [2.45, 2.75) is 18.9 Å². The van der Waals surface area contributed by atoms with Crippen molar-refractivity contribution >= 4 is 22.8 Å². The van der Waals surface area contributed by atoms with Crippen LogP contribution >= 0.6 is 0 Å².